The third-order valence-corrected chi connectivity index (χ3v) is 4.91. The molecule has 4 rings (SSSR count). The Morgan fingerprint density at radius 3 is 2.67 bits per heavy atom. The Morgan fingerprint density at radius 1 is 1.04 bits per heavy atom. The third-order valence-electron chi connectivity index (χ3n) is 4.91. The van der Waals surface area contributed by atoms with Crippen molar-refractivity contribution in [2.75, 3.05) is 13.1 Å². The van der Waals surface area contributed by atoms with Crippen molar-refractivity contribution in [2.24, 2.45) is 5.92 Å². The van der Waals surface area contributed by atoms with Gasteiger partial charge in [0.25, 0.3) is 0 Å². The van der Waals surface area contributed by atoms with Crippen molar-refractivity contribution >= 4 is 10.9 Å². The van der Waals surface area contributed by atoms with E-state index in [1.165, 1.54) is 23.8 Å². The smallest absolute Gasteiger partial charge is 0.123 e. The molecule has 1 aliphatic carbocycles. The van der Waals surface area contributed by atoms with Crippen LogP contribution in [-0.4, -0.2) is 18.1 Å². The van der Waals surface area contributed by atoms with Crippen LogP contribution in [-0.2, 0) is 6.42 Å². The van der Waals surface area contributed by atoms with E-state index in [0.717, 1.165) is 42.4 Å². The first-order valence-electron chi connectivity index (χ1n) is 8.42. The van der Waals surface area contributed by atoms with E-state index >= 15 is 0 Å². The average Bonchev–Trinajstić information content (AvgIpc) is 3.23. The maximum Gasteiger partial charge on any atom is 0.123 e. The zero-order valence-corrected chi connectivity index (χ0v) is 13.4. The van der Waals surface area contributed by atoms with Crippen LogP contribution in [0.15, 0.2) is 48.7 Å². The summed E-state index contributed by atoms with van der Waals surface area (Å²) in [5, 5.41) is 4.49. The van der Waals surface area contributed by atoms with Crippen LogP contribution < -0.4 is 5.32 Å². The van der Waals surface area contributed by atoms with E-state index in [0.29, 0.717) is 11.8 Å². The van der Waals surface area contributed by atoms with Crippen LogP contribution in [0.25, 0.3) is 10.9 Å². The van der Waals surface area contributed by atoms with Crippen molar-refractivity contribution in [3.05, 3.63) is 71.4 Å². The molecular formula is C20H20F2N2. The first-order valence-corrected chi connectivity index (χ1v) is 8.42. The second kappa shape index (κ2) is 6.36. The Morgan fingerprint density at radius 2 is 1.83 bits per heavy atom. The summed E-state index contributed by atoms with van der Waals surface area (Å²) in [6.07, 6.45) is 4.07. The minimum Gasteiger partial charge on any atom is -0.361 e. The Labute approximate surface area is 139 Å². The summed E-state index contributed by atoms with van der Waals surface area (Å²) in [4.78, 5) is 3.23. The van der Waals surface area contributed by atoms with Crippen molar-refractivity contribution < 1.29 is 8.78 Å². The maximum atomic E-state index is 13.5. The number of hydrogen-bond donors (Lipinski definition) is 2. The molecule has 1 heterocycles. The van der Waals surface area contributed by atoms with Gasteiger partial charge < -0.3 is 10.3 Å². The molecule has 0 bridgehead atoms. The number of rotatable bonds is 6. The molecular weight excluding hydrogens is 306 g/mol. The highest BCUT2D eigenvalue weighted by molar-refractivity contribution is 5.84. The highest BCUT2D eigenvalue weighted by Gasteiger charge is 2.39. The highest BCUT2D eigenvalue weighted by atomic mass is 19.1. The van der Waals surface area contributed by atoms with Crippen molar-refractivity contribution in [1.29, 1.82) is 0 Å². The molecule has 0 amide bonds. The summed E-state index contributed by atoms with van der Waals surface area (Å²) in [5.41, 5.74) is 3.37. The van der Waals surface area contributed by atoms with Crippen LogP contribution in [0.4, 0.5) is 8.78 Å². The summed E-state index contributed by atoms with van der Waals surface area (Å²) in [6.45, 7) is 1.85. The molecule has 24 heavy (non-hydrogen) atoms. The molecule has 0 aliphatic heterocycles. The number of benzene rings is 2. The minimum atomic E-state index is -0.192. The number of aromatic amines is 1. The van der Waals surface area contributed by atoms with Gasteiger partial charge >= 0.3 is 0 Å². The normalized spacial score (nSPS) is 19.8. The van der Waals surface area contributed by atoms with Crippen LogP contribution in [0.5, 0.6) is 0 Å². The second-order valence-electron chi connectivity index (χ2n) is 6.62. The van der Waals surface area contributed by atoms with Crippen molar-refractivity contribution in [1.82, 2.24) is 10.3 Å². The van der Waals surface area contributed by atoms with E-state index < -0.39 is 0 Å². The van der Waals surface area contributed by atoms with Gasteiger partial charge in [-0.1, -0.05) is 12.1 Å². The number of hydrogen-bond acceptors (Lipinski definition) is 1. The van der Waals surface area contributed by atoms with Gasteiger partial charge in [-0.15, -0.1) is 0 Å². The fourth-order valence-electron chi connectivity index (χ4n) is 3.45. The van der Waals surface area contributed by atoms with Gasteiger partial charge in [0.15, 0.2) is 0 Å². The molecule has 3 aromatic rings. The lowest BCUT2D eigenvalue weighted by atomic mass is 10.1. The van der Waals surface area contributed by atoms with E-state index in [2.05, 4.69) is 10.3 Å². The van der Waals surface area contributed by atoms with Gasteiger partial charge in [-0.3, -0.25) is 0 Å². The number of nitrogens with one attached hydrogen (secondary N) is 2. The maximum absolute atomic E-state index is 13.5. The zero-order chi connectivity index (χ0) is 16.5. The highest BCUT2D eigenvalue weighted by Crippen LogP contribution is 2.49. The summed E-state index contributed by atoms with van der Waals surface area (Å²) in [5.74, 6) is 0.750. The van der Waals surface area contributed by atoms with Gasteiger partial charge in [0.1, 0.15) is 11.6 Å². The quantitative estimate of drug-likeness (QED) is 0.646. The summed E-state index contributed by atoms with van der Waals surface area (Å²) in [7, 11) is 0. The lowest BCUT2D eigenvalue weighted by molar-refractivity contribution is 0.619. The second-order valence-corrected chi connectivity index (χ2v) is 6.62. The first kappa shape index (κ1) is 15.3. The first-order chi connectivity index (χ1) is 11.7. The van der Waals surface area contributed by atoms with Gasteiger partial charge in [-0.25, -0.2) is 8.78 Å². The molecule has 1 aliphatic rings. The Hall–Kier alpha value is -2.20. The van der Waals surface area contributed by atoms with Gasteiger partial charge in [0, 0.05) is 17.1 Å². The monoisotopic (exact) mass is 326 g/mol. The van der Waals surface area contributed by atoms with Gasteiger partial charge in [-0.05, 0) is 79.2 Å². The Kier molecular flexibility index (Phi) is 4.07. The fraction of sp³-hybridized carbons (Fsp3) is 0.300. The number of halogens is 2. The molecule has 1 aromatic heterocycles. The predicted octanol–water partition coefficient (Wildman–Crippen LogP) is 4.38. The molecule has 4 heteroatoms. The molecule has 2 unspecified atom stereocenters. The molecule has 2 nitrogen and oxygen atoms in total. The van der Waals surface area contributed by atoms with Crippen LogP contribution in [0.3, 0.4) is 0 Å². The molecule has 0 radical (unpaired) electrons. The number of fused-ring (bicyclic) bond motifs is 1. The fourth-order valence-corrected chi connectivity index (χ4v) is 3.45. The predicted molar refractivity (Wildman–Crippen MR) is 92.1 cm³/mol. The van der Waals surface area contributed by atoms with Gasteiger partial charge in [-0.2, -0.15) is 0 Å². The zero-order valence-electron chi connectivity index (χ0n) is 13.4. The SMILES string of the molecule is Fc1ccc(CCNCC2CC2c2c[nH]c3ccc(F)cc23)cc1. The van der Waals surface area contributed by atoms with Crippen LogP contribution in [0.1, 0.15) is 23.5 Å². The Balaban J connectivity index is 1.29. The largest absolute Gasteiger partial charge is 0.361 e. The molecule has 2 atom stereocenters. The molecule has 2 aromatic carbocycles. The van der Waals surface area contributed by atoms with Crippen molar-refractivity contribution in [2.45, 2.75) is 18.8 Å². The lowest BCUT2D eigenvalue weighted by Crippen LogP contribution is -2.20. The van der Waals surface area contributed by atoms with E-state index in [1.54, 1.807) is 12.1 Å². The van der Waals surface area contributed by atoms with Gasteiger partial charge in [0.05, 0.1) is 0 Å². The van der Waals surface area contributed by atoms with E-state index in [-0.39, 0.29) is 11.6 Å². The summed E-state index contributed by atoms with van der Waals surface area (Å²) < 4.78 is 26.3. The standard InChI is InChI=1S/C20H20F2N2/c21-15-3-1-13(2-4-15)7-8-23-11-14-9-17(14)19-12-24-20-6-5-16(22)10-18(19)20/h1-6,10,12,14,17,23-24H,7-9,11H2. The molecule has 1 fully saturated rings. The van der Waals surface area contributed by atoms with Crippen LogP contribution >= 0.6 is 0 Å². The van der Waals surface area contributed by atoms with E-state index in [9.17, 15) is 8.78 Å². The molecule has 1 saturated carbocycles. The van der Waals surface area contributed by atoms with Gasteiger partial charge in [0.2, 0.25) is 0 Å². The molecule has 0 spiro atoms. The average molecular weight is 326 g/mol. The third kappa shape index (κ3) is 3.20. The summed E-state index contributed by atoms with van der Waals surface area (Å²) >= 11 is 0. The van der Waals surface area contributed by atoms with Crippen molar-refractivity contribution in [3.63, 3.8) is 0 Å². The molecule has 2 N–H and O–H groups in total. The van der Waals surface area contributed by atoms with E-state index in [1.807, 2.05) is 18.3 Å². The molecule has 124 valence electrons. The number of aromatic nitrogens is 1. The molecule has 0 saturated heterocycles. The lowest BCUT2D eigenvalue weighted by Gasteiger charge is -2.05. The summed E-state index contributed by atoms with van der Waals surface area (Å²) in [6, 6.07) is 11.6. The van der Waals surface area contributed by atoms with Crippen LogP contribution in [0.2, 0.25) is 0 Å². The topological polar surface area (TPSA) is 27.8 Å². The van der Waals surface area contributed by atoms with E-state index in [4.69, 9.17) is 0 Å². The van der Waals surface area contributed by atoms with Crippen molar-refractivity contribution in [3.8, 4) is 0 Å². The van der Waals surface area contributed by atoms with Crippen LogP contribution in [0, 0.1) is 17.6 Å². The Bertz CT molecular complexity index is 838. The minimum absolute atomic E-state index is 0.182. The number of H-pyrrole nitrogens is 1.